The molecule has 128 valence electrons. The molecule has 0 bridgehead atoms. The van der Waals surface area contributed by atoms with Crippen LogP contribution in [0.1, 0.15) is 15.9 Å². The highest BCUT2D eigenvalue weighted by molar-refractivity contribution is 7.18. The van der Waals surface area contributed by atoms with Gasteiger partial charge in [-0.25, -0.2) is 9.97 Å². The number of nitrogens with two attached hydrogens (primary N) is 1. The number of rotatable bonds is 3. The minimum Gasteiger partial charge on any atom is -0.375 e. The van der Waals surface area contributed by atoms with Gasteiger partial charge in [0, 0.05) is 23.3 Å². The van der Waals surface area contributed by atoms with Crippen LogP contribution >= 0.6 is 11.3 Å². The molecule has 0 aliphatic heterocycles. The van der Waals surface area contributed by atoms with E-state index in [1.165, 1.54) is 11.3 Å². The molecule has 5 nitrogen and oxygen atoms in total. The average molecular weight is 360 g/mol. The summed E-state index contributed by atoms with van der Waals surface area (Å²) in [5.41, 5.74) is 8.47. The van der Waals surface area contributed by atoms with Gasteiger partial charge < -0.3 is 11.1 Å². The Morgan fingerprint density at radius 2 is 1.81 bits per heavy atom. The Balaban J connectivity index is 1.63. The molecule has 1 amide bonds. The van der Waals surface area contributed by atoms with Crippen molar-refractivity contribution in [1.29, 1.82) is 0 Å². The summed E-state index contributed by atoms with van der Waals surface area (Å²) >= 11 is 1.44. The number of amides is 1. The molecule has 0 atom stereocenters. The second-order valence-electron chi connectivity index (χ2n) is 6.01. The largest absolute Gasteiger partial charge is 0.375 e. The maximum absolute atomic E-state index is 12.4. The van der Waals surface area contributed by atoms with Crippen LogP contribution in [0.2, 0.25) is 0 Å². The van der Waals surface area contributed by atoms with Crippen molar-refractivity contribution in [1.82, 2.24) is 9.97 Å². The molecule has 0 aliphatic rings. The molecule has 2 heterocycles. The maximum Gasteiger partial charge on any atom is 0.256 e. The van der Waals surface area contributed by atoms with Gasteiger partial charge in [-0.1, -0.05) is 41.2 Å². The van der Waals surface area contributed by atoms with Crippen LogP contribution in [-0.4, -0.2) is 15.9 Å². The molecular weight excluding hydrogens is 344 g/mol. The number of nitrogen functional groups attached to an aromatic ring is 1. The quantitative estimate of drug-likeness (QED) is 0.563. The first-order chi connectivity index (χ1) is 12.6. The lowest BCUT2D eigenvalue weighted by Crippen LogP contribution is -2.12. The van der Waals surface area contributed by atoms with E-state index in [4.69, 9.17) is 5.73 Å². The number of thiazole rings is 1. The molecule has 26 heavy (non-hydrogen) atoms. The fraction of sp³-hybridized carbons (Fsp3) is 0.0500. The topological polar surface area (TPSA) is 80.9 Å². The van der Waals surface area contributed by atoms with Crippen LogP contribution < -0.4 is 11.1 Å². The Labute approximate surface area is 154 Å². The highest BCUT2D eigenvalue weighted by Crippen LogP contribution is 2.30. The molecule has 0 spiro atoms. The molecule has 2 aromatic heterocycles. The van der Waals surface area contributed by atoms with Crippen molar-refractivity contribution in [3.05, 3.63) is 72.1 Å². The summed E-state index contributed by atoms with van der Waals surface area (Å²) in [4.78, 5) is 21.8. The minimum absolute atomic E-state index is 0.178. The van der Waals surface area contributed by atoms with Crippen molar-refractivity contribution in [3.8, 4) is 10.4 Å². The van der Waals surface area contributed by atoms with E-state index in [-0.39, 0.29) is 5.91 Å². The monoisotopic (exact) mass is 360 g/mol. The van der Waals surface area contributed by atoms with Crippen LogP contribution in [0, 0.1) is 6.92 Å². The van der Waals surface area contributed by atoms with E-state index in [1.807, 2.05) is 43.3 Å². The second kappa shape index (κ2) is 6.57. The van der Waals surface area contributed by atoms with Gasteiger partial charge in [-0.3, -0.25) is 4.79 Å². The van der Waals surface area contributed by atoms with Gasteiger partial charge in [0.15, 0.2) is 5.13 Å². The smallest absolute Gasteiger partial charge is 0.256 e. The van der Waals surface area contributed by atoms with Crippen LogP contribution in [0.4, 0.5) is 10.9 Å². The number of hydrogen-bond donors (Lipinski definition) is 2. The van der Waals surface area contributed by atoms with Crippen LogP contribution in [-0.2, 0) is 0 Å². The number of benzene rings is 2. The van der Waals surface area contributed by atoms with Crippen molar-refractivity contribution in [2.45, 2.75) is 6.92 Å². The van der Waals surface area contributed by atoms with Crippen molar-refractivity contribution in [2.24, 2.45) is 0 Å². The number of nitrogens with one attached hydrogen (secondary N) is 1. The van der Waals surface area contributed by atoms with Gasteiger partial charge in [-0.05, 0) is 42.1 Å². The summed E-state index contributed by atoms with van der Waals surface area (Å²) in [5, 5.41) is 5.38. The number of fused-ring (bicyclic) bond motifs is 1. The van der Waals surface area contributed by atoms with Crippen molar-refractivity contribution < 1.29 is 4.79 Å². The van der Waals surface area contributed by atoms with Crippen LogP contribution in [0.15, 0.2) is 60.9 Å². The van der Waals surface area contributed by atoms with Crippen LogP contribution in [0.25, 0.3) is 21.2 Å². The van der Waals surface area contributed by atoms with Gasteiger partial charge in [-0.15, -0.1) is 0 Å². The standard InChI is InChI=1S/C20H16N4OS/c1-12-2-4-13(5-3-12)19(25)24-18-9-16-8-14(6-7-15(16)10-22-18)17-11-23-20(21)26-17/h2-11H,1H3,(H2,21,23)(H,22,24,25). The zero-order valence-electron chi connectivity index (χ0n) is 14.1. The lowest BCUT2D eigenvalue weighted by molar-refractivity contribution is 0.102. The molecular formula is C20H16N4OS. The number of aromatic nitrogens is 2. The van der Waals surface area contributed by atoms with Gasteiger partial charge in [0.2, 0.25) is 0 Å². The van der Waals surface area contributed by atoms with Crippen molar-refractivity contribution in [2.75, 3.05) is 11.1 Å². The first kappa shape index (κ1) is 16.2. The summed E-state index contributed by atoms with van der Waals surface area (Å²) in [7, 11) is 0. The fourth-order valence-corrected chi connectivity index (χ4v) is 3.36. The Hall–Kier alpha value is -3.25. The third kappa shape index (κ3) is 3.27. The van der Waals surface area contributed by atoms with Crippen LogP contribution in [0.5, 0.6) is 0 Å². The predicted molar refractivity (Wildman–Crippen MR) is 106 cm³/mol. The van der Waals surface area contributed by atoms with Gasteiger partial charge in [0.1, 0.15) is 5.82 Å². The highest BCUT2D eigenvalue weighted by Gasteiger charge is 2.08. The van der Waals surface area contributed by atoms with E-state index in [1.54, 1.807) is 24.5 Å². The van der Waals surface area contributed by atoms with E-state index in [2.05, 4.69) is 15.3 Å². The predicted octanol–water partition coefficient (Wildman–Crippen LogP) is 4.50. The number of aryl methyl sites for hydroxylation is 1. The average Bonchev–Trinajstić information content (AvgIpc) is 3.08. The van der Waals surface area contributed by atoms with Crippen molar-refractivity contribution in [3.63, 3.8) is 0 Å². The van der Waals surface area contributed by atoms with Crippen LogP contribution in [0.3, 0.4) is 0 Å². The van der Waals surface area contributed by atoms with E-state index >= 15 is 0 Å². The number of nitrogens with zero attached hydrogens (tertiary/aromatic N) is 2. The Morgan fingerprint density at radius 3 is 2.54 bits per heavy atom. The highest BCUT2D eigenvalue weighted by atomic mass is 32.1. The zero-order chi connectivity index (χ0) is 18.1. The lowest BCUT2D eigenvalue weighted by atomic mass is 10.1. The fourth-order valence-electron chi connectivity index (χ4n) is 2.68. The van der Waals surface area contributed by atoms with Gasteiger partial charge >= 0.3 is 0 Å². The maximum atomic E-state index is 12.4. The van der Waals surface area contributed by atoms with E-state index in [9.17, 15) is 4.79 Å². The van der Waals surface area contributed by atoms with E-state index < -0.39 is 0 Å². The summed E-state index contributed by atoms with van der Waals surface area (Å²) in [6.45, 7) is 1.99. The normalized spacial score (nSPS) is 10.8. The van der Waals surface area contributed by atoms with Crippen molar-refractivity contribution >= 4 is 39.0 Å². The second-order valence-corrected chi connectivity index (χ2v) is 7.08. The minimum atomic E-state index is -0.178. The van der Waals surface area contributed by atoms with Gasteiger partial charge in [-0.2, -0.15) is 0 Å². The number of pyridine rings is 1. The molecule has 0 radical (unpaired) electrons. The van der Waals surface area contributed by atoms with Gasteiger partial charge in [0.25, 0.3) is 5.91 Å². The Kier molecular flexibility index (Phi) is 4.10. The number of anilines is 2. The molecule has 0 saturated heterocycles. The summed E-state index contributed by atoms with van der Waals surface area (Å²) in [5.74, 6) is 0.340. The molecule has 0 aliphatic carbocycles. The first-order valence-electron chi connectivity index (χ1n) is 8.08. The molecule has 0 unspecified atom stereocenters. The Bertz CT molecular complexity index is 1100. The third-order valence-electron chi connectivity index (χ3n) is 4.09. The van der Waals surface area contributed by atoms with Gasteiger partial charge in [0.05, 0.1) is 4.88 Å². The lowest BCUT2D eigenvalue weighted by Gasteiger charge is -2.07. The summed E-state index contributed by atoms with van der Waals surface area (Å²) < 4.78 is 0. The third-order valence-corrected chi connectivity index (χ3v) is 4.96. The first-order valence-corrected chi connectivity index (χ1v) is 8.90. The number of carbonyl (C=O) groups is 1. The zero-order valence-corrected chi connectivity index (χ0v) is 14.9. The molecule has 3 N–H and O–H groups in total. The molecule has 4 aromatic rings. The molecule has 6 heteroatoms. The molecule has 4 rings (SSSR count). The summed E-state index contributed by atoms with van der Waals surface area (Å²) in [6.07, 6.45) is 3.52. The molecule has 0 fully saturated rings. The molecule has 2 aromatic carbocycles. The SMILES string of the molecule is Cc1ccc(C(=O)Nc2cc3cc(-c4cnc(N)s4)ccc3cn2)cc1. The van der Waals surface area contributed by atoms with E-state index in [0.29, 0.717) is 16.5 Å². The molecule has 0 saturated carbocycles. The Morgan fingerprint density at radius 1 is 1.00 bits per heavy atom. The number of hydrogen-bond acceptors (Lipinski definition) is 5. The van der Waals surface area contributed by atoms with E-state index in [0.717, 1.165) is 26.8 Å². The number of carbonyl (C=O) groups excluding carboxylic acids is 1. The summed E-state index contributed by atoms with van der Waals surface area (Å²) in [6, 6.07) is 15.4.